The van der Waals surface area contributed by atoms with Crippen LogP contribution in [-0.2, 0) is 36.0 Å². The van der Waals surface area contributed by atoms with Crippen LogP contribution in [0.1, 0.15) is 60.5 Å². The summed E-state index contributed by atoms with van der Waals surface area (Å²) in [6.45, 7) is 6.18. The van der Waals surface area contributed by atoms with Crippen LogP contribution >= 0.6 is 11.6 Å². The summed E-state index contributed by atoms with van der Waals surface area (Å²) >= 11 is 6.40. The monoisotopic (exact) mass is 1050 g/mol. The molecule has 6 heterocycles. The molecule has 3 fully saturated rings. The Hall–Kier alpha value is -6.94. The van der Waals surface area contributed by atoms with Crippen LogP contribution in [0.4, 0.5) is 5.95 Å². The van der Waals surface area contributed by atoms with Crippen LogP contribution in [0.25, 0.3) is 22.1 Å². The molecule has 400 valence electrons. The number of fused-ring (bicyclic) bond motifs is 2. The molecule has 0 saturated carbocycles. The fraction of sp³-hybridized carbons (Fsp3) is 0.442. The fourth-order valence-corrected chi connectivity index (χ4v) is 9.14. The van der Waals surface area contributed by atoms with Gasteiger partial charge in [-0.25, -0.2) is 14.8 Å². The molecule has 7 atom stereocenters. The molecule has 0 spiro atoms. The predicted molar refractivity (Wildman–Crippen MR) is 286 cm³/mol. The number of ether oxygens (including phenoxy) is 3. The minimum absolute atomic E-state index is 0.0306. The molecule has 3 aromatic heterocycles. The number of aliphatic imine (C=N–C) groups is 1. The molecule has 0 radical (unpaired) electrons. The van der Waals surface area contributed by atoms with Crippen molar-refractivity contribution in [3.63, 3.8) is 0 Å². The molecule has 11 N–H and O–H groups in total. The van der Waals surface area contributed by atoms with Crippen LogP contribution in [0.15, 0.2) is 81.3 Å². The zero-order chi connectivity index (χ0) is 54.1. The van der Waals surface area contributed by atoms with Crippen LogP contribution in [0.2, 0.25) is 5.02 Å². The molecule has 6 aromatic rings. The number of nitrogens with two attached hydrogens (primary N) is 3. The molecule has 3 aliphatic heterocycles. The molecule has 0 unspecified atom stereocenters. The first-order valence-corrected chi connectivity index (χ1v) is 24.9. The number of aliphatic hydroxyl groups is 4. The van der Waals surface area contributed by atoms with Gasteiger partial charge in [0.05, 0.1) is 38.4 Å². The molecule has 0 amide bonds. The number of imidazole rings is 1. The molecule has 3 aliphatic rings. The summed E-state index contributed by atoms with van der Waals surface area (Å²) in [4.78, 5) is 47.9. The molecule has 9 rings (SSSR count). The number of aryl methyl sites for hydroxylation is 2. The Morgan fingerprint density at radius 3 is 2.40 bits per heavy atom. The number of hydrogen-bond acceptors (Lipinski definition) is 15. The zero-order valence-electron chi connectivity index (χ0n) is 42.6. The van der Waals surface area contributed by atoms with Gasteiger partial charge in [-0.05, 0) is 74.1 Å². The smallest absolute Gasteiger partial charge is 0.332 e. The van der Waals surface area contributed by atoms with Crippen molar-refractivity contribution in [2.45, 2.75) is 95.3 Å². The van der Waals surface area contributed by atoms with Gasteiger partial charge >= 0.3 is 5.69 Å². The van der Waals surface area contributed by atoms with E-state index in [1.807, 2.05) is 61.5 Å². The Labute approximate surface area is 438 Å². The van der Waals surface area contributed by atoms with E-state index in [9.17, 15) is 30.0 Å². The first-order valence-electron chi connectivity index (χ1n) is 24.5. The van der Waals surface area contributed by atoms with Crippen LogP contribution in [-0.4, -0.2) is 149 Å². The summed E-state index contributed by atoms with van der Waals surface area (Å²) in [5.74, 6) is 7.71. The third kappa shape index (κ3) is 13.3. The van der Waals surface area contributed by atoms with Crippen LogP contribution in [0.3, 0.4) is 0 Å². The number of guanidine groups is 2. The lowest BCUT2D eigenvalue weighted by Gasteiger charge is -2.40. The molecule has 3 saturated heterocycles. The van der Waals surface area contributed by atoms with Crippen molar-refractivity contribution in [2.75, 3.05) is 51.9 Å². The molecule has 22 nitrogen and oxygen atoms in total. The number of benzene rings is 3. The van der Waals surface area contributed by atoms with Crippen LogP contribution in [0.5, 0.6) is 5.75 Å². The topological polar surface area (TPSA) is 317 Å². The van der Waals surface area contributed by atoms with Gasteiger partial charge in [-0.2, -0.15) is 9.98 Å². The van der Waals surface area contributed by atoms with Gasteiger partial charge in [0.15, 0.2) is 17.1 Å². The number of aliphatic hydroxyl groups excluding tert-OH is 4. The highest BCUT2D eigenvalue weighted by molar-refractivity contribution is 6.31. The molecule has 23 heteroatoms. The maximum absolute atomic E-state index is 13.7. The van der Waals surface area contributed by atoms with Gasteiger partial charge in [0.1, 0.15) is 48.2 Å². The van der Waals surface area contributed by atoms with E-state index in [4.69, 9.17) is 53.4 Å². The minimum atomic E-state index is -1.42. The maximum Gasteiger partial charge on any atom is 0.332 e. The van der Waals surface area contributed by atoms with E-state index in [-0.39, 0.29) is 37.2 Å². The lowest BCUT2D eigenvalue weighted by atomic mass is 9.90. The average molecular weight is 1050 g/mol. The van der Waals surface area contributed by atoms with Crippen LogP contribution in [0, 0.1) is 24.2 Å². The van der Waals surface area contributed by atoms with E-state index in [0.29, 0.717) is 53.1 Å². The second-order valence-corrected chi connectivity index (χ2v) is 19.1. The minimum Gasteiger partial charge on any atom is -0.488 e. The number of hydrogen-bond donors (Lipinski definition) is 8. The third-order valence-corrected chi connectivity index (χ3v) is 13.3. The van der Waals surface area contributed by atoms with Crippen molar-refractivity contribution in [3.05, 3.63) is 121 Å². The first kappa shape index (κ1) is 55.8. The summed E-state index contributed by atoms with van der Waals surface area (Å²) in [5, 5.41) is 48.5. The van der Waals surface area contributed by atoms with Gasteiger partial charge < -0.3 is 61.6 Å². The normalized spacial score (nSPS) is 21.3. The van der Waals surface area contributed by atoms with Gasteiger partial charge in [-0.1, -0.05) is 60.0 Å². The standard InChI is InChI=1S/C25H28N8O2.C23H27ClO7.C4H11N5/c1-4-5-13-32-21-22(29-24(32)31-12-8-9-17(26)14-31)30(3)25(35)33(23(21)34)15-20-27-16(2)18-10-6-7-11-19(18)28-20;24-18-6-3-14(23-22(28)21(27)20(26)19(11-25)31-23)10-15(18)9-13-1-4-16(5-2-13)30-17-7-8-29-12-17;1-9(2)4(7)8-3(5)6/h6-7,10-11,17H,8-9,12-15,26H2,1-3H3;1-6,10,17,19-23,25-28H,7-9,11-12H2;1-2H3,(H5,5,6,7,8)/t17-;17-,19+,20+,21-,22+,23-;/m10./s1. The third-order valence-electron chi connectivity index (χ3n) is 13.0. The molecule has 75 heavy (non-hydrogen) atoms. The Morgan fingerprint density at radius 1 is 1.00 bits per heavy atom. The number of nitrogens with one attached hydrogen (secondary N) is 1. The number of rotatable bonds is 10. The largest absolute Gasteiger partial charge is 0.488 e. The van der Waals surface area contributed by atoms with Crippen molar-refractivity contribution in [2.24, 2.45) is 29.2 Å². The summed E-state index contributed by atoms with van der Waals surface area (Å²) in [6, 6.07) is 20.7. The Kier molecular flexibility index (Phi) is 18.6. The number of piperidine rings is 1. The number of anilines is 1. The van der Waals surface area contributed by atoms with E-state index in [1.165, 1.54) is 14.0 Å². The van der Waals surface area contributed by atoms with E-state index in [2.05, 4.69) is 31.7 Å². The Bertz CT molecular complexity index is 3180. The molecular weight excluding hydrogens is 986 g/mol. The van der Waals surface area contributed by atoms with Crippen molar-refractivity contribution >= 4 is 51.5 Å². The highest BCUT2D eigenvalue weighted by atomic mass is 35.5. The lowest BCUT2D eigenvalue weighted by molar-refractivity contribution is -0.231. The van der Waals surface area contributed by atoms with Crippen LogP contribution < -0.4 is 38.1 Å². The van der Waals surface area contributed by atoms with Gasteiger partial charge in [-0.3, -0.25) is 23.9 Å². The molecule has 3 aromatic carbocycles. The maximum atomic E-state index is 13.7. The van der Waals surface area contributed by atoms with Gasteiger partial charge in [0.25, 0.3) is 5.56 Å². The van der Waals surface area contributed by atoms with Gasteiger partial charge in [-0.15, -0.1) is 5.92 Å². The Balaban J connectivity index is 0.000000189. The second-order valence-electron chi connectivity index (χ2n) is 18.7. The van der Waals surface area contributed by atoms with E-state index >= 15 is 0 Å². The summed E-state index contributed by atoms with van der Waals surface area (Å²) in [6.07, 6.45) is -2.57. The summed E-state index contributed by atoms with van der Waals surface area (Å²) in [5.41, 5.74) is 20.0. The molecule has 0 bridgehead atoms. The number of para-hydroxylation sites is 1. The number of nitrogens with zero attached hydrogens (tertiary/aromatic N) is 9. The zero-order valence-corrected chi connectivity index (χ0v) is 43.4. The summed E-state index contributed by atoms with van der Waals surface area (Å²) < 4.78 is 21.3. The van der Waals surface area contributed by atoms with Gasteiger partial charge in [0.2, 0.25) is 11.9 Å². The average Bonchev–Trinajstić information content (AvgIpc) is 4.07. The van der Waals surface area contributed by atoms with Crippen molar-refractivity contribution in [1.82, 2.24) is 33.6 Å². The van der Waals surface area contributed by atoms with Crippen molar-refractivity contribution in [1.29, 1.82) is 5.41 Å². The first-order chi connectivity index (χ1) is 35.9. The van der Waals surface area contributed by atoms with E-state index < -0.39 is 48.4 Å². The SMILES string of the molecule is CC#CCn1c(N2CCC[C@@H](N)C2)nc2c1c(=O)n(Cc1nc(C)c3ccccc3n1)c(=O)n2C.CN(C)C(=N)N=C(N)N.OC[C@H]1O[C@@H](c2ccc(Cl)c(Cc3ccc(O[C@H]4CCOC4)cc3)c2)[C@H](O)[C@@H](O)[C@@H]1O. The number of aromatic nitrogens is 6. The van der Waals surface area contributed by atoms with Crippen molar-refractivity contribution in [3.8, 4) is 17.6 Å². The predicted octanol–water partition coefficient (Wildman–Crippen LogP) is 1.52. The highest BCUT2D eigenvalue weighted by Gasteiger charge is 2.44. The van der Waals surface area contributed by atoms with Gasteiger partial charge in [0, 0.05) is 62.8 Å². The Morgan fingerprint density at radius 2 is 1.75 bits per heavy atom. The molecular formula is C52H66ClN13O9. The second kappa shape index (κ2) is 25.1. The quantitative estimate of drug-likeness (QED) is 0.0548. The summed E-state index contributed by atoms with van der Waals surface area (Å²) in [7, 11) is 5.01. The fourth-order valence-electron chi connectivity index (χ4n) is 8.96. The number of halogens is 1. The molecule has 0 aliphatic carbocycles. The van der Waals surface area contributed by atoms with Crippen molar-refractivity contribution < 1.29 is 34.6 Å². The van der Waals surface area contributed by atoms with E-state index in [0.717, 1.165) is 65.9 Å². The lowest BCUT2D eigenvalue weighted by Crippen LogP contribution is -2.55. The highest BCUT2D eigenvalue weighted by Crippen LogP contribution is 2.35. The van der Waals surface area contributed by atoms with E-state index in [1.54, 1.807) is 44.8 Å².